The molecule has 0 aliphatic carbocycles. The largest absolute Gasteiger partial charge is 0.491 e. The smallest absolute Gasteiger partial charge is 0.320 e. The van der Waals surface area contributed by atoms with E-state index in [0.29, 0.717) is 25.5 Å². The summed E-state index contributed by atoms with van der Waals surface area (Å²) >= 11 is 0. The molecule has 0 aliphatic heterocycles. The van der Waals surface area contributed by atoms with Crippen LogP contribution in [-0.2, 0) is 20.9 Å². The number of carbonyl (C=O) groups is 2. The predicted molar refractivity (Wildman–Crippen MR) is 85.4 cm³/mol. The van der Waals surface area contributed by atoms with Crippen molar-refractivity contribution in [3.05, 3.63) is 29.8 Å². The molecule has 0 aliphatic rings. The van der Waals surface area contributed by atoms with Crippen molar-refractivity contribution in [3.63, 3.8) is 0 Å². The minimum absolute atomic E-state index is 0.0253. The first-order valence-corrected chi connectivity index (χ1v) is 7.34. The van der Waals surface area contributed by atoms with Crippen LogP contribution in [0, 0.1) is 0 Å². The summed E-state index contributed by atoms with van der Waals surface area (Å²) < 4.78 is 10.4. The molecule has 1 amide bonds. The SMILES string of the molecule is COCCOc1cccc(CNC(=O)CN(C)C(C)C(=O)O)c1. The van der Waals surface area contributed by atoms with Crippen LogP contribution in [0.2, 0.25) is 0 Å². The van der Waals surface area contributed by atoms with Crippen LogP contribution in [0.1, 0.15) is 12.5 Å². The fraction of sp³-hybridized carbons (Fsp3) is 0.500. The fourth-order valence-corrected chi connectivity index (χ4v) is 1.80. The van der Waals surface area contributed by atoms with Gasteiger partial charge in [-0.05, 0) is 31.7 Å². The molecule has 2 N–H and O–H groups in total. The minimum atomic E-state index is -0.957. The first-order valence-electron chi connectivity index (χ1n) is 7.34. The maximum absolute atomic E-state index is 11.9. The highest BCUT2D eigenvalue weighted by molar-refractivity contribution is 5.79. The highest BCUT2D eigenvalue weighted by Gasteiger charge is 2.18. The standard InChI is InChI=1S/C16H24N2O5/c1-12(16(20)21)18(2)11-15(19)17-10-13-5-4-6-14(9-13)23-8-7-22-3/h4-6,9,12H,7-8,10-11H2,1-3H3,(H,17,19)(H,20,21). The maximum Gasteiger partial charge on any atom is 0.320 e. The number of nitrogens with one attached hydrogen (secondary N) is 1. The van der Waals surface area contributed by atoms with E-state index in [1.807, 2.05) is 24.3 Å². The van der Waals surface area contributed by atoms with Crippen LogP contribution >= 0.6 is 0 Å². The molecule has 0 bridgehead atoms. The number of nitrogens with zero attached hydrogens (tertiary/aromatic N) is 1. The Morgan fingerprint density at radius 1 is 1.35 bits per heavy atom. The zero-order chi connectivity index (χ0) is 17.2. The zero-order valence-electron chi connectivity index (χ0n) is 13.7. The van der Waals surface area contributed by atoms with E-state index in [1.165, 1.54) is 11.8 Å². The maximum atomic E-state index is 11.9. The van der Waals surface area contributed by atoms with E-state index < -0.39 is 12.0 Å². The van der Waals surface area contributed by atoms with E-state index in [0.717, 1.165) is 5.56 Å². The predicted octanol–water partition coefficient (Wildman–Crippen LogP) is 0.733. The first-order chi connectivity index (χ1) is 10.9. The molecule has 128 valence electrons. The lowest BCUT2D eigenvalue weighted by Crippen LogP contribution is -2.42. The number of carboxylic acid groups (broad SMARTS) is 1. The van der Waals surface area contributed by atoms with Crippen molar-refractivity contribution >= 4 is 11.9 Å². The molecule has 0 saturated heterocycles. The summed E-state index contributed by atoms with van der Waals surface area (Å²) in [6.45, 7) is 2.89. The Labute approximate surface area is 136 Å². The van der Waals surface area contributed by atoms with Crippen LogP contribution in [0.4, 0.5) is 0 Å². The lowest BCUT2D eigenvalue weighted by atomic mass is 10.2. The number of amides is 1. The van der Waals surface area contributed by atoms with Gasteiger partial charge in [0.15, 0.2) is 0 Å². The normalized spacial score (nSPS) is 12.0. The summed E-state index contributed by atoms with van der Waals surface area (Å²) in [4.78, 5) is 24.2. The number of carboxylic acids is 1. The summed E-state index contributed by atoms with van der Waals surface area (Å²) in [6.07, 6.45) is 0. The molecular weight excluding hydrogens is 300 g/mol. The van der Waals surface area contributed by atoms with Crippen molar-refractivity contribution in [3.8, 4) is 5.75 Å². The molecule has 1 aromatic rings. The second-order valence-electron chi connectivity index (χ2n) is 5.19. The number of likely N-dealkylation sites (N-methyl/N-ethyl adjacent to an activating group) is 1. The van der Waals surface area contributed by atoms with Crippen LogP contribution < -0.4 is 10.1 Å². The van der Waals surface area contributed by atoms with Crippen LogP contribution in [-0.4, -0.2) is 61.8 Å². The summed E-state index contributed by atoms with van der Waals surface area (Å²) in [5, 5.41) is 11.7. The summed E-state index contributed by atoms with van der Waals surface area (Å²) in [7, 11) is 3.21. The van der Waals surface area contributed by atoms with Crippen molar-refractivity contribution in [2.75, 3.05) is 33.9 Å². The first kappa shape index (κ1) is 18.9. The Hall–Kier alpha value is -2.12. The van der Waals surface area contributed by atoms with Crippen molar-refractivity contribution in [2.24, 2.45) is 0 Å². The van der Waals surface area contributed by atoms with Gasteiger partial charge in [0, 0.05) is 13.7 Å². The van der Waals surface area contributed by atoms with E-state index in [9.17, 15) is 9.59 Å². The number of rotatable bonds is 10. The van der Waals surface area contributed by atoms with Crippen LogP contribution in [0.5, 0.6) is 5.75 Å². The quantitative estimate of drug-likeness (QED) is 0.617. The average molecular weight is 324 g/mol. The van der Waals surface area contributed by atoms with Crippen LogP contribution in [0.15, 0.2) is 24.3 Å². The number of hydrogen-bond acceptors (Lipinski definition) is 5. The van der Waals surface area contributed by atoms with Gasteiger partial charge in [0.25, 0.3) is 0 Å². The van der Waals surface area contributed by atoms with E-state index in [1.54, 1.807) is 14.2 Å². The van der Waals surface area contributed by atoms with E-state index in [4.69, 9.17) is 14.6 Å². The molecule has 23 heavy (non-hydrogen) atoms. The Bertz CT molecular complexity index is 521. The number of hydrogen-bond donors (Lipinski definition) is 2. The van der Waals surface area contributed by atoms with Gasteiger partial charge in [0.1, 0.15) is 18.4 Å². The van der Waals surface area contributed by atoms with E-state index in [-0.39, 0.29) is 12.5 Å². The van der Waals surface area contributed by atoms with Crippen LogP contribution in [0.25, 0.3) is 0 Å². The number of aliphatic carboxylic acids is 1. The Morgan fingerprint density at radius 2 is 2.09 bits per heavy atom. The van der Waals surface area contributed by atoms with Gasteiger partial charge >= 0.3 is 5.97 Å². The highest BCUT2D eigenvalue weighted by atomic mass is 16.5. The molecule has 0 radical (unpaired) electrons. The number of carbonyl (C=O) groups excluding carboxylic acids is 1. The van der Waals surface area contributed by atoms with E-state index >= 15 is 0 Å². The fourth-order valence-electron chi connectivity index (χ4n) is 1.80. The van der Waals surface area contributed by atoms with Gasteiger partial charge in [0.05, 0.1) is 13.2 Å². The Morgan fingerprint density at radius 3 is 2.74 bits per heavy atom. The van der Waals surface area contributed by atoms with Crippen molar-refractivity contribution < 1.29 is 24.2 Å². The summed E-state index contributed by atoms with van der Waals surface area (Å²) in [6, 6.07) is 6.70. The Kier molecular flexibility index (Phi) is 8.07. The van der Waals surface area contributed by atoms with Gasteiger partial charge in [0.2, 0.25) is 5.91 Å². The molecular formula is C16H24N2O5. The lowest BCUT2D eigenvalue weighted by Gasteiger charge is -2.20. The number of benzene rings is 1. The van der Waals surface area contributed by atoms with Gasteiger partial charge in [-0.3, -0.25) is 14.5 Å². The molecule has 0 fully saturated rings. The number of methoxy groups -OCH3 is 1. The molecule has 0 heterocycles. The second kappa shape index (κ2) is 9.81. The average Bonchev–Trinajstić information content (AvgIpc) is 2.52. The Balaban J connectivity index is 2.43. The van der Waals surface area contributed by atoms with E-state index in [2.05, 4.69) is 5.32 Å². The molecule has 1 rings (SSSR count). The number of ether oxygens (including phenoxy) is 2. The molecule has 0 spiro atoms. The molecule has 1 aromatic carbocycles. The van der Waals surface area contributed by atoms with Gasteiger partial charge in [-0.15, -0.1) is 0 Å². The molecule has 7 heteroatoms. The van der Waals surface area contributed by atoms with Crippen molar-refractivity contribution in [1.82, 2.24) is 10.2 Å². The van der Waals surface area contributed by atoms with Crippen LogP contribution in [0.3, 0.4) is 0 Å². The lowest BCUT2D eigenvalue weighted by molar-refractivity contribution is -0.142. The topological polar surface area (TPSA) is 88.1 Å². The van der Waals surface area contributed by atoms with Gasteiger partial charge < -0.3 is 19.9 Å². The molecule has 1 unspecified atom stereocenters. The molecule has 0 aromatic heterocycles. The highest BCUT2D eigenvalue weighted by Crippen LogP contribution is 2.13. The third kappa shape index (κ3) is 7.12. The summed E-state index contributed by atoms with van der Waals surface area (Å²) in [5.41, 5.74) is 0.905. The molecule has 1 atom stereocenters. The third-order valence-electron chi connectivity index (χ3n) is 3.36. The van der Waals surface area contributed by atoms with Gasteiger partial charge in [-0.25, -0.2) is 0 Å². The van der Waals surface area contributed by atoms with Crippen molar-refractivity contribution in [1.29, 1.82) is 0 Å². The second-order valence-corrected chi connectivity index (χ2v) is 5.19. The summed E-state index contributed by atoms with van der Waals surface area (Å²) in [5.74, 6) is -0.474. The monoisotopic (exact) mass is 324 g/mol. The van der Waals surface area contributed by atoms with Gasteiger partial charge in [-0.2, -0.15) is 0 Å². The molecule has 7 nitrogen and oxygen atoms in total. The van der Waals surface area contributed by atoms with Gasteiger partial charge in [-0.1, -0.05) is 12.1 Å². The molecule has 0 saturated carbocycles. The minimum Gasteiger partial charge on any atom is -0.491 e. The zero-order valence-corrected chi connectivity index (χ0v) is 13.7. The van der Waals surface area contributed by atoms with Crippen molar-refractivity contribution in [2.45, 2.75) is 19.5 Å². The third-order valence-corrected chi connectivity index (χ3v) is 3.36.